The fourth-order valence-corrected chi connectivity index (χ4v) is 0.721. The Kier molecular flexibility index (Phi) is 4.40. The molecular weight excluding hydrogens is 193 g/mol. The quantitative estimate of drug-likeness (QED) is 0.708. The molecule has 0 aromatic carbocycles. The van der Waals surface area contributed by atoms with E-state index in [0.29, 0.717) is 6.42 Å². The molecule has 0 aliphatic heterocycles. The predicted octanol–water partition coefficient (Wildman–Crippen LogP) is 2.78. The van der Waals surface area contributed by atoms with Crippen molar-refractivity contribution in [3.05, 3.63) is 24.0 Å². The molecule has 0 amide bonds. The van der Waals surface area contributed by atoms with Gasteiger partial charge in [-0.1, -0.05) is 13.5 Å². The van der Waals surface area contributed by atoms with Gasteiger partial charge in [-0.05, 0) is 19.4 Å². The highest BCUT2D eigenvalue weighted by Gasteiger charge is 2.33. The summed E-state index contributed by atoms with van der Waals surface area (Å²) >= 11 is 0. The molecule has 0 atom stereocenters. The lowest BCUT2D eigenvalue weighted by Crippen LogP contribution is -2.17. The molecule has 2 N–H and O–H groups in total. The molecular formula is C9H13F3N2. The zero-order chi connectivity index (χ0) is 11.4. The third-order valence-electron chi connectivity index (χ3n) is 1.49. The largest absolute Gasteiger partial charge is 0.417 e. The van der Waals surface area contributed by atoms with Gasteiger partial charge in [0.1, 0.15) is 5.82 Å². The van der Waals surface area contributed by atoms with Crippen LogP contribution in [0.25, 0.3) is 0 Å². The van der Waals surface area contributed by atoms with E-state index in [0.717, 1.165) is 0 Å². The Morgan fingerprint density at radius 1 is 1.50 bits per heavy atom. The van der Waals surface area contributed by atoms with E-state index in [4.69, 9.17) is 5.73 Å². The molecule has 0 heterocycles. The van der Waals surface area contributed by atoms with Crippen LogP contribution in [-0.4, -0.2) is 11.9 Å². The first-order valence-corrected chi connectivity index (χ1v) is 4.06. The van der Waals surface area contributed by atoms with E-state index in [1.807, 2.05) is 6.92 Å². The van der Waals surface area contributed by atoms with Crippen LogP contribution in [0.15, 0.2) is 29.0 Å². The van der Waals surface area contributed by atoms with Gasteiger partial charge in [-0.25, -0.2) is 4.99 Å². The SMILES string of the molecule is C=C(C(C)=N/C(N)=C\CC)C(F)(F)F. The Balaban J connectivity index is 4.71. The van der Waals surface area contributed by atoms with E-state index in [1.54, 1.807) is 0 Å². The molecule has 0 saturated carbocycles. The van der Waals surface area contributed by atoms with Gasteiger partial charge in [0.05, 0.1) is 11.3 Å². The molecule has 80 valence electrons. The highest BCUT2D eigenvalue weighted by atomic mass is 19.4. The van der Waals surface area contributed by atoms with Crippen molar-refractivity contribution in [3.8, 4) is 0 Å². The maximum Gasteiger partial charge on any atom is 0.417 e. The van der Waals surface area contributed by atoms with Crippen LogP contribution in [0.1, 0.15) is 20.3 Å². The van der Waals surface area contributed by atoms with Crippen LogP contribution in [-0.2, 0) is 0 Å². The average Bonchev–Trinajstić information content (AvgIpc) is 2.01. The molecule has 0 rings (SSSR count). The van der Waals surface area contributed by atoms with Crippen molar-refractivity contribution in [1.82, 2.24) is 0 Å². The molecule has 5 heteroatoms. The molecule has 0 aliphatic rings. The number of halogens is 3. The first kappa shape index (κ1) is 12.7. The van der Waals surface area contributed by atoms with E-state index >= 15 is 0 Å². The Morgan fingerprint density at radius 2 is 2.00 bits per heavy atom. The van der Waals surface area contributed by atoms with Gasteiger partial charge in [0.2, 0.25) is 0 Å². The van der Waals surface area contributed by atoms with Crippen LogP contribution in [0.5, 0.6) is 0 Å². The number of hydrogen-bond donors (Lipinski definition) is 1. The van der Waals surface area contributed by atoms with Crippen LogP contribution in [0.4, 0.5) is 13.2 Å². The lowest BCUT2D eigenvalue weighted by atomic mass is 10.2. The monoisotopic (exact) mass is 206 g/mol. The van der Waals surface area contributed by atoms with Gasteiger partial charge in [0, 0.05) is 0 Å². The summed E-state index contributed by atoms with van der Waals surface area (Å²) in [6, 6.07) is 0. The summed E-state index contributed by atoms with van der Waals surface area (Å²) in [7, 11) is 0. The van der Waals surface area contributed by atoms with E-state index in [-0.39, 0.29) is 11.5 Å². The number of hydrogen-bond acceptors (Lipinski definition) is 2. The highest BCUT2D eigenvalue weighted by molar-refractivity contribution is 5.99. The zero-order valence-electron chi connectivity index (χ0n) is 8.15. The van der Waals surface area contributed by atoms with Gasteiger partial charge in [-0.2, -0.15) is 13.2 Å². The Bertz CT molecular complexity index is 274. The van der Waals surface area contributed by atoms with Crippen LogP contribution in [0.2, 0.25) is 0 Å². The van der Waals surface area contributed by atoms with Crippen LogP contribution in [0.3, 0.4) is 0 Å². The van der Waals surface area contributed by atoms with Gasteiger partial charge >= 0.3 is 6.18 Å². The van der Waals surface area contributed by atoms with Gasteiger partial charge < -0.3 is 5.73 Å². The summed E-state index contributed by atoms with van der Waals surface area (Å²) in [6.07, 6.45) is -2.28. The summed E-state index contributed by atoms with van der Waals surface area (Å²) in [4.78, 5) is 3.57. The molecule has 14 heavy (non-hydrogen) atoms. The Morgan fingerprint density at radius 3 is 2.36 bits per heavy atom. The van der Waals surface area contributed by atoms with Gasteiger partial charge in [0.25, 0.3) is 0 Å². The van der Waals surface area contributed by atoms with E-state index < -0.39 is 11.7 Å². The number of nitrogens with zero attached hydrogens (tertiary/aromatic N) is 1. The Labute approximate surface area is 81.0 Å². The van der Waals surface area contributed by atoms with E-state index in [1.165, 1.54) is 13.0 Å². The van der Waals surface area contributed by atoms with Crippen LogP contribution < -0.4 is 5.73 Å². The first-order chi connectivity index (χ1) is 6.29. The minimum atomic E-state index is -4.44. The van der Waals surface area contributed by atoms with Crippen molar-refractivity contribution in [1.29, 1.82) is 0 Å². The summed E-state index contributed by atoms with van der Waals surface area (Å²) in [5.41, 5.74) is 4.16. The standard InChI is InChI=1S/C9H13F3N2/c1-4-5-8(13)14-7(3)6(2)9(10,11)12/h5H,2,4,13H2,1,3H3/b8-5-,14-7?. The van der Waals surface area contributed by atoms with Crippen molar-refractivity contribution in [3.63, 3.8) is 0 Å². The fraction of sp³-hybridized carbons (Fsp3) is 0.444. The molecule has 0 unspecified atom stereocenters. The lowest BCUT2D eigenvalue weighted by Gasteiger charge is -2.09. The molecule has 0 aliphatic carbocycles. The molecule has 0 fully saturated rings. The molecule has 2 nitrogen and oxygen atoms in total. The number of nitrogens with two attached hydrogens (primary N) is 1. The predicted molar refractivity (Wildman–Crippen MR) is 50.9 cm³/mol. The minimum absolute atomic E-state index is 0.0791. The van der Waals surface area contributed by atoms with Gasteiger partial charge in [-0.3, -0.25) is 0 Å². The van der Waals surface area contributed by atoms with Crippen LogP contribution >= 0.6 is 0 Å². The highest BCUT2D eigenvalue weighted by Crippen LogP contribution is 2.25. The molecule has 0 spiro atoms. The van der Waals surface area contributed by atoms with Gasteiger partial charge in [0.15, 0.2) is 0 Å². The molecule has 0 bridgehead atoms. The maximum atomic E-state index is 12.1. The third kappa shape index (κ3) is 4.11. The van der Waals surface area contributed by atoms with Crippen molar-refractivity contribution >= 4 is 5.71 Å². The second-order valence-corrected chi connectivity index (χ2v) is 2.71. The summed E-state index contributed by atoms with van der Waals surface area (Å²) < 4.78 is 36.3. The van der Waals surface area contributed by atoms with Crippen molar-refractivity contribution in [2.45, 2.75) is 26.4 Å². The molecule has 0 aromatic heterocycles. The van der Waals surface area contributed by atoms with Gasteiger partial charge in [-0.15, -0.1) is 0 Å². The fourth-order valence-electron chi connectivity index (χ4n) is 0.721. The summed E-state index contributed by atoms with van der Waals surface area (Å²) in [5, 5.41) is 0. The van der Waals surface area contributed by atoms with Crippen molar-refractivity contribution < 1.29 is 13.2 Å². The number of rotatable bonds is 3. The average molecular weight is 206 g/mol. The van der Waals surface area contributed by atoms with E-state index in [9.17, 15) is 13.2 Å². The molecule has 0 saturated heterocycles. The lowest BCUT2D eigenvalue weighted by molar-refractivity contribution is -0.0857. The summed E-state index contributed by atoms with van der Waals surface area (Å²) in [6.45, 7) is 5.94. The maximum absolute atomic E-state index is 12.1. The molecule has 0 radical (unpaired) electrons. The zero-order valence-corrected chi connectivity index (χ0v) is 8.15. The second-order valence-electron chi connectivity index (χ2n) is 2.71. The normalized spacial score (nSPS) is 14.4. The molecule has 0 aromatic rings. The summed E-state index contributed by atoms with van der Waals surface area (Å²) in [5.74, 6) is 0.0791. The first-order valence-electron chi connectivity index (χ1n) is 4.06. The van der Waals surface area contributed by atoms with Crippen LogP contribution in [0, 0.1) is 0 Å². The van der Waals surface area contributed by atoms with Crippen molar-refractivity contribution in [2.75, 3.05) is 0 Å². The van der Waals surface area contributed by atoms with E-state index in [2.05, 4.69) is 11.6 Å². The smallest absolute Gasteiger partial charge is 0.384 e. The topological polar surface area (TPSA) is 38.4 Å². The van der Waals surface area contributed by atoms with Crippen molar-refractivity contribution in [2.24, 2.45) is 10.7 Å². The number of allylic oxidation sites excluding steroid dienone is 2. The second kappa shape index (κ2) is 4.83. The third-order valence-corrected chi connectivity index (χ3v) is 1.49. The Hall–Kier alpha value is -1.26. The minimum Gasteiger partial charge on any atom is -0.384 e. The number of aliphatic imine (C=N–C) groups is 1. The number of alkyl halides is 3.